The molecule has 200 valence electrons. The molecule has 1 aliphatic rings. The van der Waals surface area contributed by atoms with Crippen molar-refractivity contribution in [1.29, 1.82) is 0 Å². The van der Waals surface area contributed by atoms with Gasteiger partial charge < -0.3 is 0 Å². The Hall–Kier alpha value is -3.17. The maximum absolute atomic E-state index is 14.1. The van der Waals surface area contributed by atoms with E-state index >= 15 is 0 Å². The van der Waals surface area contributed by atoms with Crippen molar-refractivity contribution in [3.05, 3.63) is 76.8 Å². The SMILES string of the molecule is CC(C)(C)[C@H]1N(c2cc(Cl)cc(Cl)c2)C(=O)[C@@](C)(Cc2ccc(-c3cncnc3)cc2)N1C(=O)C(F)(F)F. The number of aromatic nitrogens is 2. The van der Waals surface area contributed by atoms with Crippen LogP contribution in [0.15, 0.2) is 61.2 Å². The number of alkyl halides is 3. The van der Waals surface area contributed by atoms with E-state index in [4.69, 9.17) is 23.2 Å². The largest absolute Gasteiger partial charge is 0.471 e. The molecule has 6 nitrogen and oxygen atoms in total. The standard InChI is InChI=1S/C27H25Cl2F3N4O2/c1-25(2,3)22-35(21-10-19(28)9-20(29)11-21)23(37)26(4,36(22)24(38)27(30,31)32)12-16-5-7-17(8-6-16)18-13-33-15-34-14-18/h5-11,13-15,22H,12H2,1-4H3/t22-,26+/m0/s1. The minimum Gasteiger partial charge on any atom is -0.299 e. The molecular weight excluding hydrogens is 540 g/mol. The summed E-state index contributed by atoms with van der Waals surface area (Å²) in [6.07, 6.45) is -1.96. The number of amides is 2. The Morgan fingerprint density at radius 3 is 2.03 bits per heavy atom. The van der Waals surface area contributed by atoms with Crippen LogP contribution in [0.25, 0.3) is 11.1 Å². The third kappa shape index (κ3) is 5.22. The normalized spacial score (nSPS) is 20.2. The number of benzene rings is 2. The highest BCUT2D eigenvalue weighted by Gasteiger charge is 2.64. The lowest BCUT2D eigenvalue weighted by atomic mass is 9.87. The van der Waals surface area contributed by atoms with Crippen LogP contribution in [0.1, 0.15) is 33.3 Å². The fourth-order valence-corrected chi connectivity index (χ4v) is 5.38. The lowest BCUT2D eigenvalue weighted by Crippen LogP contribution is -2.59. The molecular formula is C27H25Cl2F3N4O2. The molecule has 1 aromatic heterocycles. The summed E-state index contributed by atoms with van der Waals surface area (Å²) >= 11 is 12.4. The fraction of sp³-hybridized carbons (Fsp3) is 0.333. The second-order valence-corrected chi connectivity index (χ2v) is 11.4. The van der Waals surface area contributed by atoms with Gasteiger partial charge in [0.2, 0.25) is 0 Å². The highest BCUT2D eigenvalue weighted by molar-refractivity contribution is 6.35. The molecule has 38 heavy (non-hydrogen) atoms. The minimum absolute atomic E-state index is 0.156. The average Bonchev–Trinajstić information content (AvgIpc) is 3.05. The molecule has 2 amide bonds. The number of carbonyl (C=O) groups is 2. The smallest absolute Gasteiger partial charge is 0.299 e. The zero-order valence-electron chi connectivity index (χ0n) is 21.1. The van der Waals surface area contributed by atoms with Crippen LogP contribution in [-0.4, -0.2) is 44.6 Å². The van der Waals surface area contributed by atoms with Crippen molar-refractivity contribution in [2.24, 2.45) is 5.41 Å². The first kappa shape index (κ1) is 27.9. The van der Waals surface area contributed by atoms with E-state index in [1.165, 1.54) is 36.4 Å². The highest BCUT2D eigenvalue weighted by atomic mass is 35.5. The molecule has 0 radical (unpaired) electrons. The summed E-state index contributed by atoms with van der Waals surface area (Å²) in [4.78, 5) is 36.9. The molecule has 3 aromatic rings. The van der Waals surface area contributed by atoms with E-state index in [0.29, 0.717) is 10.5 Å². The van der Waals surface area contributed by atoms with Gasteiger partial charge in [-0.2, -0.15) is 13.2 Å². The number of nitrogens with zero attached hydrogens (tertiary/aromatic N) is 4. The van der Waals surface area contributed by atoms with Crippen LogP contribution in [0.3, 0.4) is 0 Å². The molecule has 4 rings (SSSR count). The number of carbonyl (C=O) groups excluding carboxylic acids is 2. The Morgan fingerprint density at radius 1 is 0.974 bits per heavy atom. The van der Waals surface area contributed by atoms with Crippen LogP contribution in [0, 0.1) is 5.41 Å². The van der Waals surface area contributed by atoms with Crippen molar-refractivity contribution in [3.63, 3.8) is 0 Å². The molecule has 1 aliphatic heterocycles. The van der Waals surface area contributed by atoms with Crippen molar-refractivity contribution in [2.75, 3.05) is 4.90 Å². The number of halogens is 5. The van der Waals surface area contributed by atoms with Crippen molar-refractivity contribution in [3.8, 4) is 11.1 Å². The highest BCUT2D eigenvalue weighted by Crippen LogP contribution is 2.46. The molecule has 1 fully saturated rings. The maximum atomic E-state index is 14.1. The first-order valence-electron chi connectivity index (χ1n) is 11.7. The summed E-state index contributed by atoms with van der Waals surface area (Å²) in [5, 5.41) is 0.409. The van der Waals surface area contributed by atoms with Gasteiger partial charge in [-0.25, -0.2) is 9.97 Å². The average molecular weight is 565 g/mol. The number of hydrogen-bond acceptors (Lipinski definition) is 4. The van der Waals surface area contributed by atoms with Gasteiger partial charge in [-0.15, -0.1) is 0 Å². The molecule has 0 aliphatic carbocycles. The van der Waals surface area contributed by atoms with Crippen molar-refractivity contribution in [1.82, 2.24) is 14.9 Å². The van der Waals surface area contributed by atoms with E-state index in [1.807, 2.05) is 0 Å². The Bertz CT molecular complexity index is 1340. The van der Waals surface area contributed by atoms with Crippen LogP contribution in [0.2, 0.25) is 10.0 Å². The van der Waals surface area contributed by atoms with Crippen molar-refractivity contribution < 1.29 is 22.8 Å². The predicted octanol–water partition coefficient (Wildman–Crippen LogP) is 6.56. The van der Waals surface area contributed by atoms with Gasteiger partial charge >= 0.3 is 12.1 Å². The van der Waals surface area contributed by atoms with Gasteiger partial charge in [-0.05, 0) is 36.2 Å². The third-order valence-electron chi connectivity index (χ3n) is 6.46. The molecule has 0 spiro atoms. The zero-order chi connectivity index (χ0) is 28.0. The van der Waals surface area contributed by atoms with Gasteiger partial charge in [0.25, 0.3) is 5.91 Å². The van der Waals surface area contributed by atoms with E-state index in [-0.39, 0.29) is 22.2 Å². The monoisotopic (exact) mass is 564 g/mol. The van der Waals surface area contributed by atoms with Crippen LogP contribution in [0.5, 0.6) is 0 Å². The molecule has 0 saturated carbocycles. The first-order chi connectivity index (χ1) is 17.6. The van der Waals surface area contributed by atoms with Crippen LogP contribution >= 0.6 is 23.2 Å². The predicted molar refractivity (Wildman–Crippen MR) is 140 cm³/mol. The molecule has 1 saturated heterocycles. The molecule has 2 atom stereocenters. The first-order valence-corrected chi connectivity index (χ1v) is 12.4. The molecule has 0 unspecified atom stereocenters. The maximum Gasteiger partial charge on any atom is 0.471 e. The second kappa shape index (κ2) is 9.85. The van der Waals surface area contributed by atoms with E-state index in [2.05, 4.69) is 9.97 Å². The topological polar surface area (TPSA) is 66.4 Å². The molecule has 2 aromatic carbocycles. The van der Waals surface area contributed by atoms with Crippen molar-refractivity contribution >= 4 is 40.7 Å². The Morgan fingerprint density at radius 2 is 1.53 bits per heavy atom. The van der Waals surface area contributed by atoms with Crippen LogP contribution in [0.4, 0.5) is 18.9 Å². The summed E-state index contributed by atoms with van der Waals surface area (Å²) in [6.45, 7) is 6.37. The van der Waals surface area contributed by atoms with Crippen molar-refractivity contribution in [2.45, 2.75) is 52.0 Å². The number of anilines is 1. The summed E-state index contributed by atoms with van der Waals surface area (Å²) in [7, 11) is 0. The van der Waals surface area contributed by atoms with Gasteiger partial charge in [0, 0.05) is 45.5 Å². The number of rotatable bonds is 4. The Labute approximate surface area is 228 Å². The van der Waals surface area contributed by atoms with Crippen LogP contribution < -0.4 is 4.90 Å². The van der Waals surface area contributed by atoms with Gasteiger partial charge in [0.1, 0.15) is 18.0 Å². The Balaban J connectivity index is 1.84. The zero-order valence-corrected chi connectivity index (χ0v) is 22.6. The molecule has 11 heteroatoms. The second-order valence-electron chi connectivity index (χ2n) is 10.5. The third-order valence-corrected chi connectivity index (χ3v) is 6.89. The summed E-state index contributed by atoms with van der Waals surface area (Å²) < 4.78 is 42.0. The van der Waals surface area contributed by atoms with Gasteiger partial charge in [-0.3, -0.25) is 19.4 Å². The number of hydrogen-bond donors (Lipinski definition) is 0. The lowest BCUT2D eigenvalue weighted by molar-refractivity contribution is -0.194. The Kier molecular flexibility index (Phi) is 7.22. The van der Waals surface area contributed by atoms with E-state index in [9.17, 15) is 22.8 Å². The van der Waals surface area contributed by atoms with Gasteiger partial charge in [0.05, 0.1) is 0 Å². The van der Waals surface area contributed by atoms with Crippen LogP contribution in [-0.2, 0) is 16.0 Å². The van der Waals surface area contributed by atoms with E-state index in [0.717, 1.165) is 11.1 Å². The van der Waals surface area contributed by atoms with E-state index < -0.39 is 35.1 Å². The quantitative estimate of drug-likeness (QED) is 0.360. The summed E-state index contributed by atoms with van der Waals surface area (Å²) in [5.41, 5.74) is -0.511. The molecule has 2 heterocycles. The minimum atomic E-state index is -5.20. The molecule has 0 bridgehead atoms. The fourth-order valence-electron chi connectivity index (χ4n) is 4.86. The van der Waals surface area contributed by atoms with Gasteiger partial charge in [0.15, 0.2) is 0 Å². The van der Waals surface area contributed by atoms with Gasteiger partial charge in [-0.1, -0.05) is 68.2 Å². The summed E-state index contributed by atoms with van der Waals surface area (Å²) in [5.74, 6) is -2.77. The molecule has 0 N–H and O–H groups in total. The lowest BCUT2D eigenvalue weighted by Gasteiger charge is -2.42. The summed E-state index contributed by atoms with van der Waals surface area (Å²) in [6, 6.07) is 11.3. The van der Waals surface area contributed by atoms with E-state index in [1.54, 1.807) is 57.4 Å².